The first-order valence-corrected chi connectivity index (χ1v) is 8.64. The zero-order valence-electron chi connectivity index (χ0n) is 12.2. The Balaban J connectivity index is 2.27. The number of aryl methyl sites for hydroxylation is 1. The molecule has 2 aromatic rings. The van der Waals surface area contributed by atoms with Crippen LogP contribution in [0.15, 0.2) is 34.2 Å². The van der Waals surface area contributed by atoms with Crippen LogP contribution in [0.3, 0.4) is 0 Å². The zero-order valence-corrected chi connectivity index (χ0v) is 14.6. The van der Waals surface area contributed by atoms with Crippen LogP contribution in [0.2, 0.25) is 0 Å². The van der Waals surface area contributed by atoms with Gasteiger partial charge in [0, 0.05) is 28.7 Å². The van der Waals surface area contributed by atoms with E-state index in [2.05, 4.69) is 65.2 Å². The van der Waals surface area contributed by atoms with E-state index in [1.54, 1.807) is 0 Å². The summed E-state index contributed by atoms with van der Waals surface area (Å²) < 4.78 is 1.23. The molecule has 4 heteroatoms. The van der Waals surface area contributed by atoms with Crippen molar-refractivity contribution in [2.45, 2.75) is 39.2 Å². The lowest BCUT2D eigenvalue weighted by atomic mass is 9.96. The summed E-state index contributed by atoms with van der Waals surface area (Å²) in [6.45, 7) is 7.62. The van der Waals surface area contributed by atoms with Crippen molar-refractivity contribution in [3.63, 3.8) is 0 Å². The molecule has 1 N–H and O–H groups in total. The number of halogens is 1. The van der Waals surface area contributed by atoms with Crippen LogP contribution in [0.4, 0.5) is 0 Å². The van der Waals surface area contributed by atoms with E-state index in [1.807, 2.05) is 23.6 Å². The van der Waals surface area contributed by atoms with Crippen LogP contribution in [-0.2, 0) is 0 Å². The number of nitrogens with one attached hydrogen (secondary N) is 1. The number of pyridine rings is 1. The molecular formula is C16H21BrN2S. The van der Waals surface area contributed by atoms with Gasteiger partial charge in [0.2, 0.25) is 0 Å². The highest BCUT2D eigenvalue weighted by atomic mass is 79.9. The molecule has 0 saturated heterocycles. The minimum Gasteiger partial charge on any atom is -0.309 e. The fourth-order valence-corrected chi connectivity index (χ4v) is 4.03. The van der Waals surface area contributed by atoms with Gasteiger partial charge in [-0.1, -0.05) is 19.9 Å². The van der Waals surface area contributed by atoms with E-state index in [-0.39, 0.29) is 0 Å². The quantitative estimate of drug-likeness (QED) is 0.785. The number of rotatable bonds is 6. The molecule has 108 valence electrons. The highest BCUT2D eigenvalue weighted by Gasteiger charge is 2.23. The van der Waals surface area contributed by atoms with Gasteiger partial charge in [-0.2, -0.15) is 0 Å². The van der Waals surface area contributed by atoms with Crippen LogP contribution >= 0.6 is 27.3 Å². The van der Waals surface area contributed by atoms with Gasteiger partial charge >= 0.3 is 0 Å². The zero-order chi connectivity index (χ0) is 14.5. The smallest absolute Gasteiger partial charge is 0.0731 e. The second-order valence-electron chi connectivity index (χ2n) is 5.08. The van der Waals surface area contributed by atoms with Crippen molar-refractivity contribution in [3.8, 4) is 0 Å². The molecule has 0 radical (unpaired) electrons. The monoisotopic (exact) mass is 352 g/mol. The topological polar surface area (TPSA) is 24.9 Å². The molecule has 2 nitrogen and oxygen atoms in total. The summed E-state index contributed by atoms with van der Waals surface area (Å²) in [5, 5.41) is 3.67. The van der Waals surface area contributed by atoms with Gasteiger partial charge in [0.25, 0.3) is 0 Å². The van der Waals surface area contributed by atoms with Gasteiger partial charge in [0.15, 0.2) is 0 Å². The Morgan fingerprint density at radius 3 is 2.75 bits per heavy atom. The average molecular weight is 353 g/mol. The summed E-state index contributed by atoms with van der Waals surface area (Å²) in [6.07, 6.45) is 3.01. The largest absolute Gasteiger partial charge is 0.309 e. The molecule has 0 aliphatic carbocycles. The number of hydrogen-bond donors (Lipinski definition) is 1. The van der Waals surface area contributed by atoms with E-state index >= 15 is 0 Å². The van der Waals surface area contributed by atoms with Crippen LogP contribution in [0.1, 0.15) is 48.4 Å². The first kappa shape index (κ1) is 15.7. The van der Waals surface area contributed by atoms with Crippen molar-refractivity contribution < 1.29 is 0 Å². The molecule has 2 unspecified atom stereocenters. The summed E-state index contributed by atoms with van der Waals surface area (Å²) in [4.78, 5) is 5.89. The number of aromatic nitrogens is 1. The Bertz CT molecular complexity index is 519. The molecule has 0 aliphatic heterocycles. The Morgan fingerprint density at radius 2 is 2.20 bits per heavy atom. The van der Waals surface area contributed by atoms with Gasteiger partial charge < -0.3 is 5.32 Å². The van der Waals surface area contributed by atoms with Gasteiger partial charge in [-0.15, -0.1) is 11.3 Å². The first-order valence-electron chi connectivity index (χ1n) is 7.03. The van der Waals surface area contributed by atoms with E-state index in [9.17, 15) is 0 Å². The van der Waals surface area contributed by atoms with E-state index < -0.39 is 0 Å². The van der Waals surface area contributed by atoms with Crippen LogP contribution in [0.5, 0.6) is 0 Å². The Labute approximate surface area is 133 Å². The van der Waals surface area contributed by atoms with Gasteiger partial charge in [-0.05, 0) is 59.6 Å². The number of nitrogens with zero attached hydrogens (tertiary/aromatic N) is 1. The molecule has 0 fully saturated rings. The summed E-state index contributed by atoms with van der Waals surface area (Å²) in [6, 6.07) is 8.74. The van der Waals surface area contributed by atoms with Crippen LogP contribution in [-0.4, -0.2) is 11.5 Å². The van der Waals surface area contributed by atoms with E-state index in [0.29, 0.717) is 12.0 Å². The highest BCUT2D eigenvalue weighted by molar-refractivity contribution is 9.11. The lowest BCUT2D eigenvalue weighted by molar-refractivity contribution is 0.466. The van der Waals surface area contributed by atoms with Crippen molar-refractivity contribution in [2.75, 3.05) is 6.54 Å². The minimum absolute atomic E-state index is 0.319. The SMILES string of the molecule is CCCNC(c1cc(C)c(Br)s1)C(C)c1ccccn1. The second-order valence-corrected chi connectivity index (χ2v) is 7.48. The maximum atomic E-state index is 4.52. The summed E-state index contributed by atoms with van der Waals surface area (Å²) in [5.74, 6) is 0.354. The Morgan fingerprint density at radius 1 is 1.40 bits per heavy atom. The third-order valence-corrected chi connectivity index (χ3v) is 5.67. The molecule has 0 spiro atoms. The average Bonchev–Trinajstić information content (AvgIpc) is 2.79. The normalized spacial score (nSPS) is 14.2. The van der Waals surface area contributed by atoms with Crippen molar-refractivity contribution in [2.24, 2.45) is 0 Å². The molecular weight excluding hydrogens is 332 g/mol. The Kier molecular flexibility index (Phi) is 5.75. The molecule has 0 amide bonds. The van der Waals surface area contributed by atoms with Crippen LogP contribution in [0.25, 0.3) is 0 Å². The van der Waals surface area contributed by atoms with Gasteiger partial charge in [0.05, 0.1) is 3.79 Å². The van der Waals surface area contributed by atoms with Crippen LogP contribution < -0.4 is 5.32 Å². The third kappa shape index (κ3) is 3.68. The molecule has 0 aliphatic rings. The summed E-state index contributed by atoms with van der Waals surface area (Å²) in [7, 11) is 0. The van der Waals surface area contributed by atoms with Gasteiger partial charge in [-0.3, -0.25) is 4.98 Å². The van der Waals surface area contributed by atoms with Crippen molar-refractivity contribution in [1.29, 1.82) is 0 Å². The van der Waals surface area contributed by atoms with Crippen molar-refractivity contribution in [1.82, 2.24) is 10.3 Å². The summed E-state index contributed by atoms with van der Waals surface area (Å²) >= 11 is 5.46. The maximum absolute atomic E-state index is 4.52. The van der Waals surface area contributed by atoms with E-state index in [0.717, 1.165) is 18.7 Å². The van der Waals surface area contributed by atoms with E-state index in [1.165, 1.54) is 14.2 Å². The van der Waals surface area contributed by atoms with Crippen LogP contribution in [0, 0.1) is 6.92 Å². The number of hydrogen-bond acceptors (Lipinski definition) is 3. The predicted octanol–water partition coefficient (Wildman–Crippen LogP) is 5.06. The van der Waals surface area contributed by atoms with Crippen molar-refractivity contribution in [3.05, 3.63) is 50.4 Å². The second kappa shape index (κ2) is 7.34. The summed E-state index contributed by atoms with van der Waals surface area (Å²) in [5.41, 5.74) is 2.45. The van der Waals surface area contributed by atoms with Gasteiger partial charge in [0.1, 0.15) is 0 Å². The fraction of sp³-hybridized carbons (Fsp3) is 0.438. The molecule has 20 heavy (non-hydrogen) atoms. The highest BCUT2D eigenvalue weighted by Crippen LogP contribution is 2.37. The maximum Gasteiger partial charge on any atom is 0.0731 e. The lowest BCUT2D eigenvalue weighted by Gasteiger charge is -2.24. The lowest BCUT2D eigenvalue weighted by Crippen LogP contribution is -2.26. The molecule has 2 heterocycles. The van der Waals surface area contributed by atoms with Crippen molar-refractivity contribution >= 4 is 27.3 Å². The fourth-order valence-electron chi connectivity index (χ4n) is 2.28. The standard InChI is InChI=1S/C16H21BrN2S/c1-4-8-19-15(14-10-11(2)16(17)20-14)12(3)13-7-5-6-9-18-13/h5-7,9-10,12,15,19H,4,8H2,1-3H3. The first-order chi connectivity index (χ1) is 9.63. The molecule has 2 rings (SSSR count). The molecule has 0 bridgehead atoms. The minimum atomic E-state index is 0.319. The molecule has 0 aromatic carbocycles. The predicted molar refractivity (Wildman–Crippen MR) is 90.4 cm³/mol. The number of thiophene rings is 1. The third-order valence-electron chi connectivity index (χ3n) is 3.45. The Hall–Kier alpha value is -0.710. The van der Waals surface area contributed by atoms with Gasteiger partial charge in [-0.25, -0.2) is 0 Å². The molecule has 2 atom stereocenters. The van der Waals surface area contributed by atoms with E-state index in [4.69, 9.17) is 0 Å². The molecule has 0 saturated carbocycles. The molecule has 2 aromatic heterocycles.